The molecule has 4 heteroatoms. The smallest absolute Gasteiger partial charge is 0.123 e. The first-order valence-electron chi connectivity index (χ1n) is 11.7. The number of para-hydroxylation sites is 2. The quantitative estimate of drug-likeness (QED) is 0.340. The number of aryl methyl sites for hydroxylation is 1. The van der Waals surface area contributed by atoms with Crippen molar-refractivity contribution < 1.29 is 4.39 Å². The second kappa shape index (κ2) is 9.58. The molecule has 0 bridgehead atoms. The molecule has 1 aliphatic rings. The van der Waals surface area contributed by atoms with Crippen LogP contribution in [-0.2, 0) is 6.42 Å². The number of piperazine rings is 1. The molecule has 0 radical (unpaired) electrons. The molecule has 1 aromatic heterocycles. The first-order valence-corrected chi connectivity index (χ1v) is 11.7. The third kappa shape index (κ3) is 4.56. The van der Waals surface area contributed by atoms with Gasteiger partial charge < -0.3 is 9.47 Å². The zero-order chi connectivity index (χ0) is 21.8. The molecule has 4 aromatic rings. The van der Waals surface area contributed by atoms with E-state index in [4.69, 9.17) is 0 Å². The SMILES string of the molecule is [18F]c1ccc(-n2cc(CCCCN3CCN(c4ccccc4)CC3)c3ccccc32)cc1. The summed E-state index contributed by atoms with van der Waals surface area (Å²) in [5.74, 6) is -0.199. The fourth-order valence-electron chi connectivity index (χ4n) is 4.78. The Labute approximate surface area is 189 Å². The molecule has 0 atom stereocenters. The van der Waals surface area contributed by atoms with Gasteiger partial charge in [0.1, 0.15) is 5.82 Å². The zero-order valence-electron chi connectivity index (χ0n) is 18.5. The molecule has 1 aliphatic heterocycles. The van der Waals surface area contributed by atoms with Crippen molar-refractivity contribution in [1.29, 1.82) is 0 Å². The van der Waals surface area contributed by atoms with E-state index in [-0.39, 0.29) is 5.82 Å². The Morgan fingerprint density at radius 2 is 1.41 bits per heavy atom. The number of unbranched alkanes of at least 4 members (excludes halogenated alkanes) is 1. The highest BCUT2D eigenvalue weighted by Crippen LogP contribution is 2.26. The average Bonchev–Trinajstić information content (AvgIpc) is 3.22. The summed E-state index contributed by atoms with van der Waals surface area (Å²) in [5, 5.41) is 1.30. The van der Waals surface area contributed by atoms with Gasteiger partial charge in [0.05, 0.1) is 5.52 Å². The molecule has 164 valence electrons. The molecule has 0 spiro atoms. The van der Waals surface area contributed by atoms with Gasteiger partial charge in [0.15, 0.2) is 0 Å². The molecule has 0 aliphatic carbocycles. The molecule has 5 rings (SSSR count). The van der Waals surface area contributed by atoms with Gasteiger partial charge >= 0.3 is 0 Å². The van der Waals surface area contributed by atoms with Crippen molar-refractivity contribution in [2.45, 2.75) is 19.3 Å². The van der Waals surface area contributed by atoms with Gasteiger partial charge in [0, 0.05) is 49.1 Å². The maximum absolute atomic E-state index is 13.4. The second-order valence-electron chi connectivity index (χ2n) is 8.64. The number of hydrogen-bond donors (Lipinski definition) is 0. The fourth-order valence-corrected chi connectivity index (χ4v) is 4.78. The normalized spacial score (nSPS) is 14.8. The molecule has 0 amide bonds. The van der Waals surface area contributed by atoms with Gasteiger partial charge in [-0.05, 0) is 73.8 Å². The van der Waals surface area contributed by atoms with Crippen molar-refractivity contribution in [2.75, 3.05) is 37.6 Å². The molecule has 0 N–H and O–H groups in total. The number of hydrogen-bond acceptors (Lipinski definition) is 2. The summed E-state index contributed by atoms with van der Waals surface area (Å²) in [6.45, 7) is 5.65. The molecule has 2 heterocycles. The van der Waals surface area contributed by atoms with Gasteiger partial charge in [0.25, 0.3) is 0 Å². The number of halogens is 1. The van der Waals surface area contributed by atoms with E-state index in [9.17, 15) is 4.39 Å². The number of rotatable bonds is 7. The first kappa shape index (κ1) is 20.8. The lowest BCUT2D eigenvalue weighted by Gasteiger charge is -2.36. The van der Waals surface area contributed by atoms with E-state index in [1.807, 2.05) is 12.1 Å². The highest BCUT2D eigenvalue weighted by atomic mass is 18.2. The lowest BCUT2D eigenvalue weighted by atomic mass is 10.1. The van der Waals surface area contributed by atoms with E-state index in [1.54, 1.807) is 0 Å². The standard InChI is InChI=1S/C28H30FN3/c29-24-13-15-26(16-14-24)32-22-23(27-11-4-5-12-28(27)32)8-6-7-17-30-18-20-31(21-19-30)25-9-2-1-3-10-25/h1-5,9-16,22H,6-8,17-21H2/i29-1. The maximum Gasteiger partial charge on any atom is 0.123 e. The minimum atomic E-state index is -0.199. The highest BCUT2D eigenvalue weighted by Gasteiger charge is 2.16. The predicted octanol–water partition coefficient (Wildman–Crippen LogP) is 5.91. The monoisotopic (exact) mass is 426 g/mol. The summed E-state index contributed by atoms with van der Waals surface area (Å²) in [7, 11) is 0. The first-order chi connectivity index (χ1) is 15.8. The largest absolute Gasteiger partial charge is 0.369 e. The number of fused-ring (bicyclic) bond motifs is 1. The van der Waals surface area contributed by atoms with Crippen LogP contribution in [0.2, 0.25) is 0 Å². The topological polar surface area (TPSA) is 11.4 Å². The summed E-state index contributed by atoms with van der Waals surface area (Å²) >= 11 is 0. The van der Waals surface area contributed by atoms with Crippen LogP contribution in [0.15, 0.2) is 85.1 Å². The van der Waals surface area contributed by atoms with Crippen molar-refractivity contribution in [1.82, 2.24) is 9.47 Å². The van der Waals surface area contributed by atoms with E-state index in [2.05, 4.69) is 75.2 Å². The van der Waals surface area contributed by atoms with Crippen LogP contribution in [-0.4, -0.2) is 42.2 Å². The molecular weight excluding hydrogens is 396 g/mol. The fraction of sp³-hybridized carbons (Fsp3) is 0.286. The summed E-state index contributed by atoms with van der Waals surface area (Å²) in [6, 6.07) is 26.0. The molecule has 0 saturated carbocycles. The van der Waals surface area contributed by atoms with Crippen molar-refractivity contribution in [2.24, 2.45) is 0 Å². The van der Waals surface area contributed by atoms with E-state index < -0.39 is 0 Å². The summed E-state index contributed by atoms with van der Waals surface area (Å²) in [5.41, 5.74) is 4.90. The molecule has 1 saturated heterocycles. The highest BCUT2D eigenvalue weighted by molar-refractivity contribution is 5.85. The van der Waals surface area contributed by atoms with E-state index in [0.717, 1.165) is 38.3 Å². The minimum absolute atomic E-state index is 0.199. The summed E-state index contributed by atoms with van der Waals surface area (Å²) in [4.78, 5) is 5.09. The Bertz CT molecular complexity index is 1140. The van der Waals surface area contributed by atoms with Crippen molar-refractivity contribution in [3.05, 3.63) is 96.4 Å². The predicted molar refractivity (Wildman–Crippen MR) is 131 cm³/mol. The molecule has 1 fully saturated rings. The van der Waals surface area contributed by atoms with Crippen LogP contribution in [0.4, 0.5) is 10.1 Å². The summed E-state index contributed by atoms with van der Waals surface area (Å²) in [6.07, 6.45) is 5.69. The third-order valence-corrected chi connectivity index (χ3v) is 6.56. The molecule has 0 unspecified atom stereocenters. The lowest BCUT2D eigenvalue weighted by Crippen LogP contribution is -2.46. The molecule has 3 aromatic carbocycles. The second-order valence-corrected chi connectivity index (χ2v) is 8.64. The summed E-state index contributed by atoms with van der Waals surface area (Å²) < 4.78 is 15.6. The van der Waals surface area contributed by atoms with Gasteiger partial charge in [0.2, 0.25) is 0 Å². The van der Waals surface area contributed by atoms with Gasteiger partial charge in [-0.3, -0.25) is 4.90 Å². The van der Waals surface area contributed by atoms with Crippen LogP contribution in [0, 0.1) is 5.82 Å². The van der Waals surface area contributed by atoms with Gasteiger partial charge in [-0.15, -0.1) is 0 Å². The van der Waals surface area contributed by atoms with Crippen molar-refractivity contribution >= 4 is 16.6 Å². The maximum atomic E-state index is 13.4. The Hall–Kier alpha value is -3.11. The van der Waals surface area contributed by atoms with E-state index in [0.29, 0.717) is 0 Å². The van der Waals surface area contributed by atoms with Crippen molar-refractivity contribution in [3.8, 4) is 5.69 Å². The van der Waals surface area contributed by atoms with Gasteiger partial charge in [-0.2, -0.15) is 0 Å². The lowest BCUT2D eigenvalue weighted by molar-refractivity contribution is 0.253. The van der Waals surface area contributed by atoms with Crippen LogP contribution in [0.5, 0.6) is 0 Å². The van der Waals surface area contributed by atoms with Gasteiger partial charge in [-0.25, -0.2) is 4.39 Å². The van der Waals surface area contributed by atoms with Crippen LogP contribution >= 0.6 is 0 Å². The van der Waals surface area contributed by atoms with Crippen LogP contribution in [0.1, 0.15) is 18.4 Å². The Morgan fingerprint density at radius 3 is 2.19 bits per heavy atom. The molecular formula is C28H30FN3. The van der Waals surface area contributed by atoms with Crippen LogP contribution in [0.3, 0.4) is 0 Å². The minimum Gasteiger partial charge on any atom is -0.369 e. The molecule has 3 nitrogen and oxygen atoms in total. The number of benzene rings is 3. The van der Waals surface area contributed by atoms with E-state index in [1.165, 1.54) is 53.7 Å². The molecule has 32 heavy (non-hydrogen) atoms. The average molecular weight is 427 g/mol. The zero-order valence-corrected chi connectivity index (χ0v) is 18.5. The number of aromatic nitrogens is 1. The number of nitrogens with zero attached hydrogens (tertiary/aromatic N) is 3. The van der Waals surface area contributed by atoms with Crippen molar-refractivity contribution in [3.63, 3.8) is 0 Å². The van der Waals surface area contributed by atoms with Crippen LogP contribution in [0.25, 0.3) is 16.6 Å². The Kier molecular flexibility index (Phi) is 6.22. The van der Waals surface area contributed by atoms with Crippen LogP contribution < -0.4 is 4.90 Å². The Balaban J connectivity index is 1.16. The third-order valence-electron chi connectivity index (χ3n) is 6.56. The van der Waals surface area contributed by atoms with E-state index >= 15 is 0 Å². The van der Waals surface area contributed by atoms with Gasteiger partial charge in [-0.1, -0.05) is 36.4 Å². The Morgan fingerprint density at radius 1 is 0.688 bits per heavy atom. The number of anilines is 1.